The number of nitrogens with one attached hydrogen (secondary N) is 1. The van der Waals surface area contributed by atoms with Crippen molar-refractivity contribution in [3.05, 3.63) is 11.7 Å². The van der Waals surface area contributed by atoms with E-state index in [1.807, 2.05) is 13.8 Å². The van der Waals surface area contributed by atoms with E-state index < -0.39 is 0 Å². The van der Waals surface area contributed by atoms with Crippen LogP contribution in [-0.4, -0.2) is 34.9 Å². The second-order valence-electron chi connectivity index (χ2n) is 4.48. The number of hydrogen-bond acceptors (Lipinski definition) is 5. The Morgan fingerprint density at radius 2 is 2.20 bits per heavy atom. The molecule has 5 heteroatoms. The van der Waals surface area contributed by atoms with E-state index in [9.17, 15) is 0 Å². The predicted molar refractivity (Wildman–Crippen MR) is 56.5 cm³/mol. The molecular formula is C10H19N3O2. The first kappa shape index (κ1) is 12.1. The molecule has 1 aromatic heterocycles. The third-order valence-electron chi connectivity index (χ3n) is 2.12. The summed E-state index contributed by atoms with van der Waals surface area (Å²) >= 11 is 0. The van der Waals surface area contributed by atoms with Crippen molar-refractivity contribution in [1.82, 2.24) is 15.5 Å². The van der Waals surface area contributed by atoms with Crippen LogP contribution in [0.25, 0.3) is 0 Å². The first-order valence-corrected chi connectivity index (χ1v) is 5.14. The number of rotatable bonds is 6. The molecular weight excluding hydrogens is 194 g/mol. The van der Waals surface area contributed by atoms with Gasteiger partial charge >= 0.3 is 0 Å². The monoisotopic (exact) mass is 213 g/mol. The summed E-state index contributed by atoms with van der Waals surface area (Å²) in [5, 5.41) is 16.0. The van der Waals surface area contributed by atoms with Gasteiger partial charge in [0.1, 0.15) is 0 Å². The zero-order chi connectivity index (χ0) is 11.3. The van der Waals surface area contributed by atoms with E-state index in [-0.39, 0.29) is 12.0 Å². The Labute approximate surface area is 89.9 Å². The molecule has 1 heterocycles. The summed E-state index contributed by atoms with van der Waals surface area (Å²) < 4.78 is 4.97. The van der Waals surface area contributed by atoms with E-state index in [1.165, 1.54) is 0 Å². The minimum Gasteiger partial charge on any atom is -0.396 e. The zero-order valence-electron chi connectivity index (χ0n) is 9.58. The summed E-state index contributed by atoms with van der Waals surface area (Å²) in [5.41, 5.74) is -0.0786. The molecule has 0 radical (unpaired) electrons. The van der Waals surface area contributed by atoms with Crippen molar-refractivity contribution in [1.29, 1.82) is 0 Å². The summed E-state index contributed by atoms with van der Waals surface area (Å²) in [5.74, 6) is 1.32. The lowest BCUT2D eigenvalue weighted by atomic mass is 9.95. The Morgan fingerprint density at radius 3 is 2.73 bits per heavy atom. The molecule has 0 atom stereocenters. The maximum Gasteiger partial charge on any atom is 0.227 e. The lowest BCUT2D eigenvalue weighted by molar-refractivity contribution is 0.157. The highest BCUT2D eigenvalue weighted by molar-refractivity contribution is 4.83. The fourth-order valence-electron chi connectivity index (χ4n) is 1.12. The van der Waals surface area contributed by atoms with Crippen LogP contribution in [0.4, 0.5) is 0 Å². The molecule has 5 nitrogen and oxygen atoms in total. The van der Waals surface area contributed by atoms with Crippen LogP contribution in [0.5, 0.6) is 0 Å². The van der Waals surface area contributed by atoms with Crippen LogP contribution in [0.2, 0.25) is 0 Å². The number of aliphatic hydroxyl groups excluding tert-OH is 1. The van der Waals surface area contributed by atoms with Crippen molar-refractivity contribution >= 4 is 0 Å². The van der Waals surface area contributed by atoms with Gasteiger partial charge in [0.05, 0.1) is 0 Å². The maximum atomic E-state index is 9.03. The third kappa shape index (κ3) is 4.40. The van der Waals surface area contributed by atoms with Crippen molar-refractivity contribution in [2.45, 2.75) is 27.2 Å². The quantitative estimate of drug-likeness (QED) is 0.674. The van der Waals surface area contributed by atoms with E-state index in [1.54, 1.807) is 6.92 Å². The van der Waals surface area contributed by atoms with Crippen molar-refractivity contribution < 1.29 is 9.63 Å². The fraction of sp³-hybridized carbons (Fsp3) is 0.800. The van der Waals surface area contributed by atoms with Gasteiger partial charge in [-0.3, -0.25) is 0 Å². The fourth-order valence-corrected chi connectivity index (χ4v) is 1.12. The summed E-state index contributed by atoms with van der Waals surface area (Å²) in [6.07, 6.45) is 0.725. The van der Waals surface area contributed by atoms with Crippen molar-refractivity contribution in [2.24, 2.45) is 5.41 Å². The molecule has 0 aromatic carbocycles. The van der Waals surface area contributed by atoms with E-state index in [4.69, 9.17) is 9.63 Å². The first-order valence-electron chi connectivity index (χ1n) is 5.14. The molecule has 0 aliphatic heterocycles. The van der Waals surface area contributed by atoms with Gasteiger partial charge in [0.25, 0.3) is 0 Å². The van der Waals surface area contributed by atoms with Gasteiger partial charge in [-0.15, -0.1) is 0 Å². The molecule has 0 saturated carbocycles. The minimum atomic E-state index is -0.0786. The Kier molecular flexibility index (Phi) is 4.23. The molecule has 0 spiro atoms. The summed E-state index contributed by atoms with van der Waals surface area (Å²) in [4.78, 5) is 4.10. The third-order valence-corrected chi connectivity index (χ3v) is 2.12. The van der Waals surface area contributed by atoms with Crippen LogP contribution < -0.4 is 5.32 Å². The first-order chi connectivity index (χ1) is 7.03. The minimum absolute atomic E-state index is 0.0786. The van der Waals surface area contributed by atoms with E-state index in [2.05, 4.69) is 15.5 Å². The van der Waals surface area contributed by atoms with Gasteiger partial charge < -0.3 is 14.9 Å². The van der Waals surface area contributed by atoms with E-state index in [0.717, 1.165) is 19.5 Å². The predicted octanol–water partition coefficient (Wildman–Crippen LogP) is 0.529. The molecule has 0 bridgehead atoms. The van der Waals surface area contributed by atoms with Gasteiger partial charge in [-0.2, -0.15) is 4.98 Å². The van der Waals surface area contributed by atoms with Gasteiger partial charge in [0, 0.05) is 31.5 Å². The standard InChI is InChI=1S/C10H19N3O2/c1-8-12-9(15-13-8)4-5-11-6-10(2,3)7-14/h11,14H,4-7H2,1-3H3. The van der Waals surface area contributed by atoms with Crippen LogP contribution in [0.15, 0.2) is 4.52 Å². The lowest BCUT2D eigenvalue weighted by Crippen LogP contribution is -2.33. The van der Waals surface area contributed by atoms with E-state index in [0.29, 0.717) is 11.7 Å². The SMILES string of the molecule is Cc1noc(CCNCC(C)(C)CO)n1. The lowest BCUT2D eigenvalue weighted by Gasteiger charge is -2.21. The summed E-state index contributed by atoms with van der Waals surface area (Å²) in [6, 6.07) is 0. The number of aromatic nitrogens is 2. The molecule has 0 unspecified atom stereocenters. The second kappa shape index (κ2) is 5.23. The van der Waals surface area contributed by atoms with Crippen molar-refractivity contribution in [3.63, 3.8) is 0 Å². The molecule has 0 amide bonds. The Bertz CT molecular complexity index is 297. The Hall–Kier alpha value is -0.940. The Morgan fingerprint density at radius 1 is 1.47 bits per heavy atom. The highest BCUT2D eigenvalue weighted by Crippen LogP contribution is 2.10. The van der Waals surface area contributed by atoms with Crippen molar-refractivity contribution in [2.75, 3.05) is 19.7 Å². The largest absolute Gasteiger partial charge is 0.396 e. The maximum absolute atomic E-state index is 9.03. The van der Waals surface area contributed by atoms with Gasteiger partial charge in [0.15, 0.2) is 5.82 Å². The molecule has 0 saturated heterocycles. The highest BCUT2D eigenvalue weighted by Gasteiger charge is 2.15. The molecule has 15 heavy (non-hydrogen) atoms. The van der Waals surface area contributed by atoms with Gasteiger partial charge in [-0.25, -0.2) is 0 Å². The molecule has 2 N–H and O–H groups in total. The van der Waals surface area contributed by atoms with Crippen molar-refractivity contribution in [3.8, 4) is 0 Å². The molecule has 0 fully saturated rings. The number of aryl methyl sites for hydroxylation is 1. The van der Waals surface area contributed by atoms with Gasteiger partial charge in [-0.05, 0) is 6.92 Å². The average Bonchev–Trinajstić information content (AvgIpc) is 2.59. The smallest absolute Gasteiger partial charge is 0.227 e. The number of hydrogen-bond donors (Lipinski definition) is 2. The normalized spacial score (nSPS) is 12.0. The van der Waals surface area contributed by atoms with Crippen LogP contribution in [0, 0.1) is 12.3 Å². The van der Waals surface area contributed by atoms with Gasteiger partial charge in [-0.1, -0.05) is 19.0 Å². The summed E-state index contributed by atoms with van der Waals surface area (Å²) in [7, 11) is 0. The summed E-state index contributed by atoms with van der Waals surface area (Å²) in [6.45, 7) is 7.56. The van der Waals surface area contributed by atoms with Crippen LogP contribution in [0.1, 0.15) is 25.6 Å². The van der Waals surface area contributed by atoms with Crippen LogP contribution in [0.3, 0.4) is 0 Å². The number of nitrogens with zero attached hydrogens (tertiary/aromatic N) is 2. The molecule has 0 aliphatic rings. The molecule has 1 aromatic rings. The number of aliphatic hydroxyl groups is 1. The average molecular weight is 213 g/mol. The van der Waals surface area contributed by atoms with Gasteiger partial charge in [0.2, 0.25) is 5.89 Å². The topological polar surface area (TPSA) is 71.2 Å². The highest BCUT2D eigenvalue weighted by atomic mass is 16.5. The van der Waals surface area contributed by atoms with Crippen LogP contribution in [-0.2, 0) is 6.42 Å². The Balaban J connectivity index is 2.17. The zero-order valence-corrected chi connectivity index (χ0v) is 9.58. The molecule has 0 aliphatic carbocycles. The molecule has 86 valence electrons. The van der Waals surface area contributed by atoms with Crippen LogP contribution >= 0.6 is 0 Å². The molecule has 1 rings (SSSR count). The van der Waals surface area contributed by atoms with E-state index >= 15 is 0 Å². The second-order valence-corrected chi connectivity index (χ2v) is 4.48.